The highest BCUT2D eigenvalue weighted by Gasteiger charge is 2.11. The Labute approximate surface area is 92.5 Å². The molecule has 4 heteroatoms. The molecule has 0 atom stereocenters. The third kappa shape index (κ3) is 1.16. The van der Waals surface area contributed by atoms with Gasteiger partial charge < -0.3 is 8.98 Å². The SMILES string of the molecule is Cc1nnc(-c2cccc3occc23)n1C. The molecular weight excluding hydrogens is 202 g/mol. The lowest BCUT2D eigenvalue weighted by atomic mass is 10.1. The molecule has 0 aliphatic rings. The summed E-state index contributed by atoms with van der Waals surface area (Å²) < 4.78 is 7.34. The molecule has 0 N–H and O–H groups in total. The van der Waals surface area contributed by atoms with Crippen molar-refractivity contribution in [1.29, 1.82) is 0 Å². The van der Waals surface area contributed by atoms with Gasteiger partial charge in [0.1, 0.15) is 11.4 Å². The second-order valence-corrected chi connectivity index (χ2v) is 3.77. The van der Waals surface area contributed by atoms with Crippen LogP contribution >= 0.6 is 0 Å². The van der Waals surface area contributed by atoms with E-state index in [0.717, 1.165) is 28.2 Å². The van der Waals surface area contributed by atoms with Crippen LogP contribution < -0.4 is 0 Å². The predicted octanol–water partition coefficient (Wildman–Crippen LogP) is 2.54. The molecule has 3 rings (SSSR count). The molecule has 0 unspecified atom stereocenters. The molecule has 0 aliphatic carbocycles. The Hall–Kier alpha value is -2.10. The Balaban J connectivity index is 2.33. The lowest BCUT2D eigenvalue weighted by Crippen LogP contribution is -1.94. The van der Waals surface area contributed by atoms with Gasteiger partial charge in [-0.25, -0.2) is 0 Å². The van der Waals surface area contributed by atoms with Gasteiger partial charge in [-0.05, 0) is 19.1 Å². The van der Waals surface area contributed by atoms with Crippen LogP contribution in [-0.4, -0.2) is 14.8 Å². The first-order valence-corrected chi connectivity index (χ1v) is 5.10. The lowest BCUT2D eigenvalue weighted by Gasteiger charge is -2.02. The summed E-state index contributed by atoms with van der Waals surface area (Å²) in [5.41, 5.74) is 1.92. The number of fused-ring (bicyclic) bond motifs is 1. The van der Waals surface area contributed by atoms with E-state index in [-0.39, 0.29) is 0 Å². The average Bonchev–Trinajstić information content (AvgIpc) is 2.87. The molecule has 0 amide bonds. The lowest BCUT2D eigenvalue weighted by molar-refractivity contribution is 0.616. The first-order chi connectivity index (χ1) is 7.77. The van der Waals surface area contributed by atoms with E-state index in [1.165, 1.54) is 0 Å². The second kappa shape index (κ2) is 3.20. The Morgan fingerprint density at radius 2 is 2.06 bits per heavy atom. The maximum Gasteiger partial charge on any atom is 0.164 e. The summed E-state index contributed by atoms with van der Waals surface area (Å²) in [4.78, 5) is 0. The van der Waals surface area contributed by atoms with Crippen LogP contribution in [0.15, 0.2) is 34.9 Å². The minimum atomic E-state index is 0.865. The zero-order chi connectivity index (χ0) is 11.1. The molecule has 4 nitrogen and oxygen atoms in total. The number of rotatable bonds is 1. The van der Waals surface area contributed by atoms with E-state index in [4.69, 9.17) is 4.42 Å². The van der Waals surface area contributed by atoms with Gasteiger partial charge in [-0.3, -0.25) is 0 Å². The highest BCUT2D eigenvalue weighted by molar-refractivity contribution is 5.92. The number of benzene rings is 1. The van der Waals surface area contributed by atoms with Crippen LogP contribution in [0, 0.1) is 6.92 Å². The molecule has 16 heavy (non-hydrogen) atoms. The Kier molecular flexibility index (Phi) is 1.83. The number of aromatic nitrogens is 3. The molecule has 0 bridgehead atoms. The molecule has 2 aromatic heterocycles. The van der Waals surface area contributed by atoms with Gasteiger partial charge in [0.25, 0.3) is 0 Å². The summed E-state index contributed by atoms with van der Waals surface area (Å²) in [5, 5.41) is 9.32. The van der Waals surface area contributed by atoms with Gasteiger partial charge in [-0.15, -0.1) is 10.2 Å². The van der Waals surface area contributed by atoms with E-state index >= 15 is 0 Å². The monoisotopic (exact) mass is 213 g/mol. The zero-order valence-corrected chi connectivity index (χ0v) is 9.14. The Morgan fingerprint density at radius 1 is 1.19 bits per heavy atom. The molecule has 80 valence electrons. The summed E-state index contributed by atoms with van der Waals surface area (Å²) in [6.07, 6.45) is 1.69. The van der Waals surface area contributed by atoms with Crippen LogP contribution in [-0.2, 0) is 7.05 Å². The van der Waals surface area contributed by atoms with Gasteiger partial charge in [0, 0.05) is 18.0 Å². The Morgan fingerprint density at radius 3 is 2.81 bits per heavy atom. The van der Waals surface area contributed by atoms with E-state index in [1.54, 1.807) is 6.26 Å². The summed E-state index contributed by atoms with van der Waals surface area (Å²) in [6, 6.07) is 7.89. The maximum atomic E-state index is 5.37. The first kappa shape index (κ1) is 9.15. The molecular formula is C12H11N3O. The van der Waals surface area contributed by atoms with Crippen molar-refractivity contribution in [2.45, 2.75) is 6.92 Å². The fraction of sp³-hybridized carbons (Fsp3) is 0.167. The van der Waals surface area contributed by atoms with Crippen LogP contribution in [0.4, 0.5) is 0 Å². The van der Waals surface area contributed by atoms with Crippen LogP contribution in [0.5, 0.6) is 0 Å². The summed E-state index contributed by atoms with van der Waals surface area (Å²) >= 11 is 0. The third-order valence-corrected chi connectivity index (χ3v) is 2.83. The molecule has 0 aliphatic heterocycles. The zero-order valence-electron chi connectivity index (χ0n) is 9.14. The molecule has 0 spiro atoms. The Bertz CT molecular complexity index is 651. The maximum absolute atomic E-state index is 5.37. The van der Waals surface area contributed by atoms with E-state index in [9.17, 15) is 0 Å². The topological polar surface area (TPSA) is 43.9 Å². The average molecular weight is 213 g/mol. The van der Waals surface area contributed by atoms with Crippen molar-refractivity contribution in [2.24, 2.45) is 7.05 Å². The van der Waals surface area contributed by atoms with Gasteiger partial charge in [0.05, 0.1) is 6.26 Å². The summed E-state index contributed by atoms with van der Waals surface area (Å²) in [6.45, 7) is 1.94. The molecule has 0 radical (unpaired) electrons. The molecule has 0 fully saturated rings. The van der Waals surface area contributed by atoms with Gasteiger partial charge in [-0.1, -0.05) is 12.1 Å². The van der Waals surface area contributed by atoms with Gasteiger partial charge in [-0.2, -0.15) is 0 Å². The normalized spacial score (nSPS) is 11.1. The number of furan rings is 1. The van der Waals surface area contributed by atoms with Gasteiger partial charge in [0.2, 0.25) is 0 Å². The number of nitrogens with zero attached hydrogens (tertiary/aromatic N) is 3. The van der Waals surface area contributed by atoms with E-state index in [1.807, 2.05) is 42.8 Å². The number of hydrogen-bond acceptors (Lipinski definition) is 3. The highest BCUT2D eigenvalue weighted by Crippen LogP contribution is 2.27. The van der Waals surface area contributed by atoms with Crippen LogP contribution in [0.3, 0.4) is 0 Å². The standard InChI is InChI=1S/C12H11N3O/c1-8-13-14-12(15(8)2)10-4-3-5-11-9(10)6-7-16-11/h3-7H,1-2H3. The second-order valence-electron chi connectivity index (χ2n) is 3.77. The fourth-order valence-corrected chi connectivity index (χ4v) is 1.83. The van der Waals surface area contributed by atoms with Crippen molar-refractivity contribution >= 4 is 11.0 Å². The van der Waals surface area contributed by atoms with E-state index < -0.39 is 0 Å². The van der Waals surface area contributed by atoms with Crippen molar-refractivity contribution in [3.05, 3.63) is 36.4 Å². The van der Waals surface area contributed by atoms with Gasteiger partial charge in [0.15, 0.2) is 5.82 Å². The summed E-state index contributed by atoms with van der Waals surface area (Å²) in [7, 11) is 1.96. The van der Waals surface area contributed by atoms with Crippen molar-refractivity contribution in [3.63, 3.8) is 0 Å². The van der Waals surface area contributed by atoms with E-state index in [2.05, 4.69) is 10.2 Å². The van der Waals surface area contributed by atoms with Crippen molar-refractivity contribution < 1.29 is 4.42 Å². The largest absolute Gasteiger partial charge is 0.464 e. The fourth-order valence-electron chi connectivity index (χ4n) is 1.83. The van der Waals surface area contributed by atoms with Crippen LogP contribution in [0.25, 0.3) is 22.4 Å². The molecule has 1 aromatic carbocycles. The predicted molar refractivity (Wildman–Crippen MR) is 60.9 cm³/mol. The minimum absolute atomic E-state index is 0.865. The summed E-state index contributed by atoms with van der Waals surface area (Å²) in [5.74, 6) is 1.76. The molecule has 0 saturated carbocycles. The smallest absolute Gasteiger partial charge is 0.164 e. The molecule has 3 aromatic rings. The quantitative estimate of drug-likeness (QED) is 0.624. The third-order valence-electron chi connectivity index (χ3n) is 2.83. The molecule has 2 heterocycles. The van der Waals surface area contributed by atoms with Crippen LogP contribution in [0.2, 0.25) is 0 Å². The molecule has 0 saturated heterocycles. The van der Waals surface area contributed by atoms with E-state index in [0.29, 0.717) is 0 Å². The van der Waals surface area contributed by atoms with Crippen LogP contribution in [0.1, 0.15) is 5.82 Å². The highest BCUT2D eigenvalue weighted by atomic mass is 16.3. The number of hydrogen-bond donors (Lipinski definition) is 0. The number of aryl methyl sites for hydroxylation is 1. The van der Waals surface area contributed by atoms with Gasteiger partial charge >= 0.3 is 0 Å². The van der Waals surface area contributed by atoms with Crippen molar-refractivity contribution in [1.82, 2.24) is 14.8 Å². The first-order valence-electron chi connectivity index (χ1n) is 5.10. The minimum Gasteiger partial charge on any atom is -0.464 e. The van der Waals surface area contributed by atoms with Crippen molar-refractivity contribution in [3.8, 4) is 11.4 Å². The van der Waals surface area contributed by atoms with Crippen molar-refractivity contribution in [2.75, 3.05) is 0 Å².